The highest BCUT2D eigenvalue weighted by atomic mass is 16.5. The number of carbonyl (C=O) groups is 1. The summed E-state index contributed by atoms with van der Waals surface area (Å²) in [6.45, 7) is 2.17. The number of imidazole rings is 1. The molecule has 0 aliphatic carbocycles. The number of hydrogen-bond donors (Lipinski definition) is 1. The van der Waals surface area contributed by atoms with E-state index in [1.807, 2.05) is 55.5 Å². The molecule has 2 aromatic heterocycles. The summed E-state index contributed by atoms with van der Waals surface area (Å²) in [4.78, 5) is 16.6. The molecule has 4 aromatic rings. The van der Waals surface area contributed by atoms with E-state index in [2.05, 4.69) is 15.5 Å². The third-order valence-corrected chi connectivity index (χ3v) is 3.93. The second-order valence-electron chi connectivity index (χ2n) is 5.86. The van der Waals surface area contributed by atoms with Gasteiger partial charge in [0.1, 0.15) is 12.2 Å². The Labute approximate surface area is 144 Å². The number of aromatic nitrogens is 3. The lowest BCUT2D eigenvalue weighted by molar-refractivity contribution is -0.116. The first-order valence-corrected chi connectivity index (χ1v) is 7.92. The molecule has 0 spiro atoms. The Morgan fingerprint density at radius 2 is 2.04 bits per heavy atom. The average molecular weight is 332 g/mol. The molecule has 2 heterocycles. The molecule has 124 valence electrons. The first-order valence-electron chi connectivity index (χ1n) is 7.92. The Hall–Kier alpha value is -3.41. The molecule has 0 atom stereocenters. The van der Waals surface area contributed by atoms with Gasteiger partial charge in [0, 0.05) is 11.6 Å². The normalized spacial score (nSPS) is 10.9. The van der Waals surface area contributed by atoms with Gasteiger partial charge in [0.25, 0.3) is 0 Å². The van der Waals surface area contributed by atoms with Gasteiger partial charge in [-0.15, -0.1) is 0 Å². The van der Waals surface area contributed by atoms with Crippen molar-refractivity contribution >= 4 is 22.8 Å². The van der Waals surface area contributed by atoms with Gasteiger partial charge in [0.05, 0.1) is 17.4 Å². The highest BCUT2D eigenvalue weighted by Crippen LogP contribution is 2.22. The molecule has 0 aliphatic heterocycles. The maximum absolute atomic E-state index is 12.3. The van der Waals surface area contributed by atoms with Crippen LogP contribution in [0.15, 0.2) is 65.4 Å². The highest BCUT2D eigenvalue weighted by molar-refractivity contribution is 5.90. The number of anilines is 1. The second-order valence-corrected chi connectivity index (χ2v) is 5.86. The molecule has 0 fully saturated rings. The van der Waals surface area contributed by atoms with Crippen LogP contribution in [0, 0.1) is 6.92 Å². The van der Waals surface area contributed by atoms with Crippen molar-refractivity contribution < 1.29 is 9.32 Å². The largest absolute Gasteiger partial charge is 0.338 e. The van der Waals surface area contributed by atoms with E-state index < -0.39 is 0 Å². The number of rotatable bonds is 4. The van der Waals surface area contributed by atoms with Crippen molar-refractivity contribution in [1.29, 1.82) is 0 Å². The van der Waals surface area contributed by atoms with E-state index in [9.17, 15) is 4.79 Å². The fourth-order valence-corrected chi connectivity index (χ4v) is 2.74. The van der Waals surface area contributed by atoms with Crippen LogP contribution in [0.4, 0.5) is 5.88 Å². The summed E-state index contributed by atoms with van der Waals surface area (Å²) in [5.41, 5.74) is 4.54. The summed E-state index contributed by atoms with van der Waals surface area (Å²) in [6, 6.07) is 17.3. The third-order valence-electron chi connectivity index (χ3n) is 3.93. The zero-order valence-electron chi connectivity index (χ0n) is 13.6. The number of nitrogens with zero attached hydrogens (tertiary/aromatic N) is 3. The van der Waals surface area contributed by atoms with Crippen molar-refractivity contribution in [2.75, 3.05) is 5.32 Å². The smallest absolute Gasteiger partial charge is 0.246 e. The third kappa shape index (κ3) is 3.14. The molecule has 0 radical (unpaired) electrons. The van der Waals surface area contributed by atoms with E-state index >= 15 is 0 Å². The maximum Gasteiger partial charge on any atom is 0.246 e. The van der Waals surface area contributed by atoms with Crippen LogP contribution >= 0.6 is 0 Å². The summed E-state index contributed by atoms with van der Waals surface area (Å²) in [5.74, 6) is 0.126. The minimum absolute atomic E-state index is 0.154. The number of carbonyl (C=O) groups excluding carboxylic acids is 1. The number of benzene rings is 2. The fraction of sp³-hybridized carbons (Fsp3) is 0.105. The lowest BCUT2D eigenvalue weighted by Gasteiger charge is -2.03. The monoisotopic (exact) mass is 332 g/mol. The molecule has 0 saturated heterocycles. The van der Waals surface area contributed by atoms with E-state index in [0.29, 0.717) is 11.6 Å². The van der Waals surface area contributed by atoms with Crippen molar-refractivity contribution in [2.45, 2.75) is 13.5 Å². The Kier molecular flexibility index (Phi) is 3.78. The molecule has 4 rings (SSSR count). The van der Waals surface area contributed by atoms with Gasteiger partial charge < -0.3 is 9.09 Å². The number of aryl methyl sites for hydroxylation is 1. The molecule has 2 aromatic carbocycles. The zero-order chi connectivity index (χ0) is 17.2. The Morgan fingerprint density at radius 3 is 2.92 bits per heavy atom. The molecule has 1 amide bonds. The van der Waals surface area contributed by atoms with Crippen molar-refractivity contribution in [1.82, 2.24) is 14.7 Å². The molecular weight excluding hydrogens is 316 g/mol. The Morgan fingerprint density at radius 1 is 1.16 bits per heavy atom. The summed E-state index contributed by atoms with van der Waals surface area (Å²) in [5, 5.41) is 6.75. The van der Waals surface area contributed by atoms with Gasteiger partial charge in [-0.3, -0.25) is 10.1 Å². The van der Waals surface area contributed by atoms with E-state index in [-0.39, 0.29) is 12.5 Å². The highest BCUT2D eigenvalue weighted by Gasteiger charge is 2.11. The van der Waals surface area contributed by atoms with Crippen LogP contribution < -0.4 is 5.32 Å². The summed E-state index contributed by atoms with van der Waals surface area (Å²) in [6.07, 6.45) is 1.66. The quantitative estimate of drug-likeness (QED) is 0.619. The van der Waals surface area contributed by atoms with E-state index in [1.54, 1.807) is 17.0 Å². The minimum atomic E-state index is -0.199. The lowest BCUT2D eigenvalue weighted by atomic mass is 10.1. The van der Waals surface area contributed by atoms with Gasteiger partial charge in [-0.2, -0.15) is 0 Å². The topological polar surface area (TPSA) is 73.0 Å². The zero-order valence-corrected chi connectivity index (χ0v) is 13.6. The molecule has 6 nitrogen and oxygen atoms in total. The van der Waals surface area contributed by atoms with Crippen molar-refractivity contribution in [3.63, 3.8) is 0 Å². The molecule has 0 unspecified atom stereocenters. The first-order chi connectivity index (χ1) is 12.2. The number of amides is 1. The van der Waals surface area contributed by atoms with E-state index in [4.69, 9.17) is 4.52 Å². The predicted molar refractivity (Wildman–Crippen MR) is 95.0 cm³/mol. The maximum atomic E-state index is 12.3. The van der Waals surface area contributed by atoms with Gasteiger partial charge in [-0.05, 0) is 25.1 Å². The molecule has 6 heteroatoms. The van der Waals surface area contributed by atoms with Gasteiger partial charge >= 0.3 is 0 Å². The van der Waals surface area contributed by atoms with Crippen molar-refractivity contribution in [2.24, 2.45) is 0 Å². The van der Waals surface area contributed by atoms with Crippen molar-refractivity contribution in [3.8, 4) is 11.3 Å². The van der Waals surface area contributed by atoms with Gasteiger partial charge in [-0.1, -0.05) is 41.1 Å². The van der Waals surface area contributed by atoms with Gasteiger partial charge in [0.15, 0.2) is 0 Å². The summed E-state index contributed by atoms with van der Waals surface area (Å²) in [7, 11) is 0. The fourth-order valence-electron chi connectivity index (χ4n) is 2.74. The molecule has 0 saturated carbocycles. The SMILES string of the molecule is Cc1cccc(-c2cc(NC(=O)Cn3cnc4ccccc43)on2)c1. The Bertz CT molecular complexity index is 1050. The standard InChI is InChI=1S/C19H16N4O2/c1-13-5-4-6-14(9-13)16-10-19(25-22-16)21-18(24)11-23-12-20-15-7-2-3-8-17(15)23/h2-10,12H,11H2,1H3,(H,21,24). The first kappa shape index (κ1) is 15.1. The molecular formula is C19H16N4O2. The number of hydrogen-bond acceptors (Lipinski definition) is 4. The van der Waals surface area contributed by atoms with Crippen LogP contribution in [0.1, 0.15) is 5.56 Å². The van der Waals surface area contributed by atoms with E-state index in [0.717, 1.165) is 22.2 Å². The second kappa shape index (κ2) is 6.24. The van der Waals surface area contributed by atoms with Crippen LogP contribution in [0.2, 0.25) is 0 Å². The van der Waals surface area contributed by atoms with Crippen molar-refractivity contribution in [3.05, 3.63) is 66.5 Å². The van der Waals surface area contributed by atoms with E-state index in [1.165, 1.54) is 0 Å². The van der Waals surface area contributed by atoms with Crippen LogP contribution in [-0.2, 0) is 11.3 Å². The van der Waals surface area contributed by atoms with Gasteiger partial charge in [-0.25, -0.2) is 4.98 Å². The van der Waals surface area contributed by atoms with Crippen LogP contribution in [-0.4, -0.2) is 20.6 Å². The number of fused-ring (bicyclic) bond motifs is 1. The van der Waals surface area contributed by atoms with Gasteiger partial charge in [0.2, 0.25) is 11.8 Å². The van der Waals surface area contributed by atoms with Crippen LogP contribution in [0.3, 0.4) is 0 Å². The Balaban J connectivity index is 1.48. The van der Waals surface area contributed by atoms with Crippen LogP contribution in [0.25, 0.3) is 22.3 Å². The summed E-state index contributed by atoms with van der Waals surface area (Å²) >= 11 is 0. The molecule has 25 heavy (non-hydrogen) atoms. The molecule has 0 bridgehead atoms. The molecule has 1 N–H and O–H groups in total. The minimum Gasteiger partial charge on any atom is -0.338 e. The lowest BCUT2D eigenvalue weighted by Crippen LogP contribution is -2.17. The van der Waals surface area contributed by atoms with Crippen LogP contribution in [0.5, 0.6) is 0 Å². The number of nitrogens with one attached hydrogen (secondary N) is 1. The average Bonchev–Trinajstić information content (AvgIpc) is 3.23. The summed E-state index contributed by atoms with van der Waals surface area (Å²) < 4.78 is 7.02. The predicted octanol–water partition coefficient (Wildman–Crippen LogP) is 3.64. The number of para-hydroxylation sites is 2. The molecule has 0 aliphatic rings.